The van der Waals surface area contributed by atoms with E-state index in [4.69, 9.17) is 0 Å². The fourth-order valence-electron chi connectivity index (χ4n) is 2.53. The van der Waals surface area contributed by atoms with Crippen LogP contribution in [0.1, 0.15) is 18.3 Å². The Morgan fingerprint density at radius 3 is 2.77 bits per heavy atom. The van der Waals surface area contributed by atoms with Gasteiger partial charge in [-0.15, -0.1) is 0 Å². The third-order valence-corrected chi connectivity index (χ3v) is 3.77. The summed E-state index contributed by atoms with van der Waals surface area (Å²) in [5.74, 6) is 0.834. The van der Waals surface area contributed by atoms with Crippen molar-refractivity contribution in [2.24, 2.45) is 5.92 Å². The standard InChI is InChI=1S/C18H19N3O/c1-14(11-15-7-3-2-4-8-15)18(22)20-13-17-19-12-16-9-5-6-10-21(16)17/h2-10,12,14H,11,13H2,1H3,(H,20,22). The molecule has 0 radical (unpaired) electrons. The van der Waals surface area contributed by atoms with Crippen LogP contribution in [0.5, 0.6) is 0 Å². The van der Waals surface area contributed by atoms with Crippen molar-refractivity contribution in [1.82, 2.24) is 14.7 Å². The molecular weight excluding hydrogens is 274 g/mol. The average molecular weight is 293 g/mol. The molecule has 2 aromatic heterocycles. The first-order chi connectivity index (χ1) is 10.7. The first-order valence-corrected chi connectivity index (χ1v) is 7.46. The molecule has 0 saturated heterocycles. The highest BCUT2D eigenvalue weighted by Crippen LogP contribution is 2.09. The average Bonchev–Trinajstić information content (AvgIpc) is 2.97. The van der Waals surface area contributed by atoms with Crippen molar-refractivity contribution < 1.29 is 4.79 Å². The van der Waals surface area contributed by atoms with Gasteiger partial charge in [0.2, 0.25) is 5.91 Å². The predicted octanol–water partition coefficient (Wildman–Crippen LogP) is 2.83. The van der Waals surface area contributed by atoms with E-state index in [1.165, 1.54) is 5.56 Å². The smallest absolute Gasteiger partial charge is 0.223 e. The van der Waals surface area contributed by atoms with Gasteiger partial charge in [-0.2, -0.15) is 0 Å². The van der Waals surface area contributed by atoms with Gasteiger partial charge in [-0.05, 0) is 24.1 Å². The Morgan fingerprint density at radius 1 is 1.18 bits per heavy atom. The second kappa shape index (κ2) is 6.43. The fourth-order valence-corrected chi connectivity index (χ4v) is 2.53. The van der Waals surface area contributed by atoms with Gasteiger partial charge >= 0.3 is 0 Å². The second-order valence-corrected chi connectivity index (χ2v) is 5.48. The Bertz CT molecular complexity index is 764. The number of hydrogen-bond donors (Lipinski definition) is 1. The number of fused-ring (bicyclic) bond motifs is 1. The van der Waals surface area contributed by atoms with Crippen LogP contribution in [0.4, 0.5) is 0 Å². The number of amides is 1. The molecule has 0 aliphatic heterocycles. The van der Waals surface area contributed by atoms with E-state index in [0.29, 0.717) is 6.54 Å². The number of rotatable bonds is 5. The lowest BCUT2D eigenvalue weighted by Crippen LogP contribution is -2.30. The number of carbonyl (C=O) groups excluding carboxylic acids is 1. The fraction of sp³-hybridized carbons (Fsp3) is 0.222. The lowest BCUT2D eigenvalue weighted by atomic mass is 10.0. The minimum atomic E-state index is -0.0615. The van der Waals surface area contributed by atoms with E-state index in [-0.39, 0.29) is 11.8 Å². The Balaban J connectivity index is 1.60. The minimum Gasteiger partial charge on any atom is -0.349 e. The molecule has 1 N–H and O–H groups in total. The number of hydrogen-bond acceptors (Lipinski definition) is 2. The van der Waals surface area contributed by atoms with Gasteiger partial charge in [-0.25, -0.2) is 4.98 Å². The first-order valence-electron chi connectivity index (χ1n) is 7.46. The van der Waals surface area contributed by atoms with Gasteiger partial charge in [0.05, 0.1) is 18.3 Å². The highest BCUT2D eigenvalue weighted by Gasteiger charge is 2.14. The molecule has 0 fully saturated rings. The minimum absolute atomic E-state index is 0.0523. The monoisotopic (exact) mass is 293 g/mol. The van der Waals surface area contributed by atoms with Gasteiger partial charge in [0.25, 0.3) is 0 Å². The number of imidazole rings is 1. The largest absolute Gasteiger partial charge is 0.349 e. The van der Waals surface area contributed by atoms with Gasteiger partial charge < -0.3 is 9.72 Å². The third kappa shape index (κ3) is 3.17. The summed E-state index contributed by atoms with van der Waals surface area (Å²) in [6.07, 6.45) is 4.51. The molecule has 0 bridgehead atoms. The van der Waals surface area contributed by atoms with Crippen molar-refractivity contribution in [3.8, 4) is 0 Å². The van der Waals surface area contributed by atoms with E-state index in [0.717, 1.165) is 17.8 Å². The van der Waals surface area contributed by atoms with E-state index < -0.39 is 0 Å². The molecule has 3 aromatic rings. The Kier molecular flexibility index (Phi) is 4.19. The summed E-state index contributed by atoms with van der Waals surface area (Å²) in [6.45, 7) is 2.39. The molecule has 3 rings (SSSR count). The number of nitrogens with one attached hydrogen (secondary N) is 1. The van der Waals surface area contributed by atoms with Crippen LogP contribution in [0.15, 0.2) is 60.9 Å². The zero-order valence-electron chi connectivity index (χ0n) is 12.6. The zero-order chi connectivity index (χ0) is 15.4. The molecule has 2 heterocycles. The van der Waals surface area contributed by atoms with Crippen molar-refractivity contribution in [2.45, 2.75) is 19.9 Å². The van der Waals surface area contributed by atoms with E-state index in [2.05, 4.69) is 10.3 Å². The molecule has 1 unspecified atom stereocenters. The highest BCUT2D eigenvalue weighted by molar-refractivity contribution is 5.78. The van der Waals surface area contributed by atoms with E-state index in [9.17, 15) is 4.79 Å². The Morgan fingerprint density at radius 2 is 1.95 bits per heavy atom. The van der Waals surface area contributed by atoms with Gasteiger partial charge in [-0.1, -0.05) is 43.3 Å². The maximum atomic E-state index is 12.2. The number of benzene rings is 1. The van der Waals surface area contributed by atoms with Crippen LogP contribution in [0.25, 0.3) is 5.52 Å². The molecule has 0 spiro atoms. The van der Waals surface area contributed by atoms with Gasteiger partial charge in [0.15, 0.2) is 0 Å². The topological polar surface area (TPSA) is 46.4 Å². The van der Waals surface area contributed by atoms with Crippen LogP contribution in [0, 0.1) is 5.92 Å². The molecule has 112 valence electrons. The molecule has 1 atom stereocenters. The van der Waals surface area contributed by atoms with Crippen molar-refractivity contribution in [3.63, 3.8) is 0 Å². The van der Waals surface area contributed by atoms with Crippen LogP contribution in [0.2, 0.25) is 0 Å². The highest BCUT2D eigenvalue weighted by atomic mass is 16.1. The van der Waals surface area contributed by atoms with Crippen molar-refractivity contribution >= 4 is 11.4 Å². The van der Waals surface area contributed by atoms with Gasteiger partial charge in [0, 0.05) is 12.1 Å². The van der Waals surface area contributed by atoms with Crippen LogP contribution < -0.4 is 5.32 Å². The third-order valence-electron chi connectivity index (χ3n) is 3.77. The molecule has 0 aliphatic rings. The second-order valence-electron chi connectivity index (χ2n) is 5.48. The molecule has 0 saturated carbocycles. The Hall–Kier alpha value is -2.62. The summed E-state index contributed by atoms with van der Waals surface area (Å²) in [6, 6.07) is 16.0. The van der Waals surface area contributed by atoms with Crippen LogP contribution in [-0.2, 0) is 17.8 Å². The summed E-state index contributed by atoms with van der Waals surface area (Å²) in [4.78, 5) is 16.6. The van der Waals surface area contributed by atoms with Crippen LogP contribution in [0.3, 0.4) is 0 Å². The summed E-state index contributed by atoms with van der Waals surface area (Å²) in [5.41, 5.74) is 2.21. The summed E-state index contributed by atoms with van der Waals surface area (Å²) >= 11 is 0. The molecule has 22 heavy (non-hydrogen) atoms. The van der Waals surface area contributed by atoms with Gasteiger partial charge in [0.1, 0.15) is 5.82 Å². The lowest BCUT2D eigenvalue weighted by Gasteiger charge is -2.12. The van der Waals surface area contributed by atoms with E-state index in [1.807, 2.05) is 72.2 Å². The molecule has 0 aliphatic carbocycles. The summed E-state index contributed by atoms with van der Waals surface area (Å²) in [7, 11) is 0. The number of aromatic nitrogens is 2. The number of carbonyl (C=O) groups is 1. The number of pyridine rings is 1. The first kappa shape index (κ1) is 14.3. The Labute approximate surface area is 129 Å². The van der Waals surface area contributed by atoms with Crippen molar-refractivity contribution in [1.29, 1.82) is 0 Å². The van der Waals surface area contributed by atoms with Gasteiger partial charge in [-0.3, -0.25) is 4.79 Å². The molecule has 4 nitrogen and oxygen atoms in total. The van der Waals surface area contributed by atoms with Crippen molar-refractivity contribution in [3.05, 3.63) is 72.3 Å². The maximum Gasteiger partial charge on any atom is 0.223 e. The normalized spacial score (nSPS) is 12.2. The lowest BCUT2D eigenvalue weighted by molar-refractivity contribution is -0.124. The SMILES string of the molecule is CC(Cc1ccccc1)C(=O)NCc1ncc2ccccn12. The summed E-state index contributed by atoms with van der Waals surface area (Å²) in [5, 5.41) is 2.97. The zero-order valence-corrected chi connectivity index (χ0v) is 12.6. The number of nitrogens with zero attached hydrogens (tertiary/aromatic N) is 2. The van der Waals surface area contributed by atoms with Crippen molar-refractivity contribution in [2.75, 3.05) is 0 Å². The summed E-state index contributed by atoms with van der Waals surface area (Å²) < 4.78 is 1.99. The van der Waals surface area contributed by atoms with Crippen LogP contribution in [-0.4, -0.2) is 15.3 Å². The van der Waals surface area contributed by atoms with E-state index in [1.54, 1.807) is 0 Å². The molecule has 1 aromatic carbocycles. The quantitative estimate of drug-likeness (QED) is 0.786. The van der Waals surface area contributed by atoms with Crippen LogP contribution >= 0.6 is 0 Å². The molecule has 1 amide bonds. The van der Waals surface area contributed by atoms with E-state index >= 15 is 0 Å². The molecule has 4 heteroatoms. The predicted molar refractivity (Wildman–Crippen MR) is 86.3 cm³/mol. The molecular formula is C18H19N3O. The maximum absolute atomic E-state index is 12.2.